The molecule has 110 valence electrons. The van der Waals surface area contributed by atoms with E-state index in [1.165, 1.54) is 30.4 Å². The van der Waals surface area contributed by atoms with Crippen molar-refractivity contribution in [2.75, 3.05) is 7.05 Å². The molecule has 0 spiro atoms. The molecule has 0 radical (unpaired) electrons. The van der Waals surface area contributed by atoms with E-state index >= 15 is 0 Å². The number of likely N-dealkylation sites (N-methyl/N-ethyl adjacent to an activating group) is 1. The monoisotopic (exact) mass is 407 g/mol. The first-order valence-electron chi connectivity index (χ1n) is 7.39. The van der Waals surface area contributed by atoms with Crippen LogP contribution in [0.2, 0.25) is 0 Å². The molecule has 0 aliphatic heterocycles. The van der Waals surface area contributed by atoms with Gasteiger partial charge in [-0.3, -0.25) is 0 Å². The van der Waals surface area contributed by atoms with Gasteiger partial charge in [-0.05, 0) is 73.2 Å². The SMILES string of the molecule is CNC(Cc1ccc2c(c1)CCC2)c1cc(Br)cc(Br)c1. The molecule has 2 aromatic rings. The molecule has 1 N–H and O–H groups in total. The fraction of sp³-hybridized carbons (Fsp3) is 0.333. The molecule has 1 unspecified atom stereocenters. The van der Waals surface area contributed by atoms with Crippen LogP contribution in [-0.4, -0.2) is 7.05 Å². The van der Waals surface area contributed by atoms with Crippen molar-refractivity contribution in [2.45, 2.75) is 31.7 Å². The first-order valence-corrected chi connectivity index (χ1v) is 8.98. The number of aryl methyl sites for hydroxylation is 2. The Kier molecular flexibility index (Phi) is 4.82. The molecule has 21 heavy (non-hydrogen) atoms. The lowest BCUT2D eigenvalue weighted by molar-refractivity contribution is 0.591. The topological polar surface area (TPSA) is 12.0 Å². The van der Waals surface area contributed by atoms with E-state index in [-0.39, 0.29) is 0 Å². The predicted octanol–water partition coefficient (Wildman–Crippen LogP) is 5.20. The molecule has 1 aliphatic carbocycles. The molecule has 1 atom stereocenters. The third kappa shape index (κ3) is 3.58. The lowest BCUT2D eigenvalue weighted by atomic mass is 9.97. The van der Waals surface area contributed by atoms with E-state index in [1.807, 2.05) is 7.05 Å². The van der Waals surface area contributed by atoms with Crippen molar-refractivity contribution in [2.24, 2.45) is 0 Å². The highest BCUT2D eigenvalue weighted by molar-refractivity contribution is 9.11. The van der Waals surface area contributed by atoms with Crippen molar-refractivity contribution in [3.8, 4) is 0 Å². The minimum atomic E-state index is 0.332. The smallest absolute Gasteiger partial charge is 0.0359 e. The largest absolute Gasteiger partial charge is 0.313 e. The van der Waals surface area contributed by atoms with Crippen LogP contribution in [0.1, 0.15) is 34.7 Å². The number of hydrogen-bond donors (Lipinski definition) is 1. The molecule has 0 saturated heterocycles. The normalized spacial score (nSPS) is 15.0. The van der Waals surface area contributed by atoms with Gasteiger partial charge in [0, 0.05) is 15.0 Å². The third-order valence-corrected chi connectivity index (χ3v) is 5.15. The van der Waals surface area contributed by atoms with Gasteiger partial charge in [0.1, 0.15) is 0 Å². The second kappa shape index (κ2) is 6.64. The number of benzene rings is 2. The maximum absolute atomic E-state index is 3.58. The van der Waals surface area contributed by atoms with Crippen molar-refractivity contribution >= 4 is 31.9 Å². The van der Waals surface area contributed by atoms with Gasteiger partial charge in [0.25, 0.3) is 0 Å². The van der Waals surface area contributed by atoms with E-state index < -0.39 is 0 Å². The van der Waals surface area contributed by atoms with Gasteiger partial charge < -0.3 is 5.32 Å². The fourth-order valence-electron chi connectivity index (χ4n) is 3.15. The Balaban J connectivity index is 1.84. The Bertz CT molecular complexity index is 631. The summed E-state index contributed by atoms with van der Waals surface area (Å²) < 4.78 is 2.22. The molecule has 2 aromatic carbocycles. The van der Waals surface area contributed by atoms with Crippen molar-refractivity contribution < 1.29 is 0 Å². The van der Waals surface area contributed by atoms with Crippen LogP contribution in [-0.2, 0) is 19.3 Å². The van der Waals surface area contributed by atoms with Crippen LogP contribution < -0.4 is 5.32 Å². The highest BCUT2D eigenvalue weighted by atomic mass is 79.9. The number of hydrogen-bond acceptors (Lipinski definition) is 1. The number of fused-ring (bicyclic) bond motifs is 1. The summed E-state index contributed by atoms with van der Waals surface area (Å²) in [6, 6.07) is 13.8. The summed E-state index contributed by atoms with van der Waals surface area (Å²) in [5.74, 6) is 0. The lowest BCUT2D eigenvalue weighted by Gasteiger charge is -2.18. The van der Waals surface area contributed by atoms with Crippen molar-refractivity contribution in [1.82, 2.24) is 5.32 Å². The molecule has 0 amide bonds. The Morgan fingerprint density at radius 1 is 1.00 bits per heavy atom. The summed E-state index contributed by atoms with van der Waals surface area (Å²) in [4.78, 5) is 0. The lowest BCUT2D eigenvalue weighted by Crippen LogP contribution is -2.19. The van der Waals surface area contributed by atoms with Crippen molar-refractivity contribution in [1.29, 1.82) is 0 Å². The average molecular weight is 409 g/mol. The second-order valence-corrected chi connectivity index (χ2v) is 7.54. The van der Waals surface area contributed by atoms with Crippen LogP contribution in [0.3, 0.4) is 0 Å². The molecular weight excluding hydrogens is 390 g/mol. The molecule has 1 nitrogen and oxygen atoms in total. The van der Waals surface area contributed by atoms with Crippen LogP contribution in [0.4, 0.5) is 0 Å². The molecule has 0 saturated carbocycles. The van der Waals surface area contributed by atoms with Crippen LogP contribution in [0, 0.1) is 0 Å². The van der Waals surface area contributed by atoms with Gasteiger partial charge in [-0.15, -0.1) is 0 Å². The van der Waals surface area contributed by atoms with Gasteiger partial charge in [-0.2, -0.15) is 0 Å². The Hall–Kier alpha value is -0.640. The van der Waals surface area contributed by atoms with E-state index in [0.29, 0.717) is 6.04 Å². The molecule has 0 fully saturated rings. The highest BCUT2D eigenvalue weighted by Gasteiger charge is 2.15. The quantitative estimate of drug-likeness (QED) is 0.732. The zero-order chi connectivity index (χ0) is 14.8. The molecule has 0 heterocycles. The van der Waals surface area contributed by atoms with Crippen LogP contribution in [0.25, 0.3) is 0 Å². The molecule has 0 bridgehead atoms. The van der Waals surface area contributed by atoms with Crippen molar-refractivity contribution in [3.05, 3.63) is 67.6 Å². The van der Waals surface area contributed by atoms with E-state index in [1.54, 1.807) is 11.1 Å². The summed E-state index contributed by atoms with van der Waals surface area (Å²) in [6.07, 6.45) is 4.83. The molecule has 0 aromatic heterocycles. The van der Waals surface area contributed by atoms with Gasteiger partial charge in [0.05, 0.1) is 0 Å². The zero-order valence-corrected chi connectivity index (χ0v) is 15.3. The standard InChI is InChI=1S/C18H19Br2N/c1-21-18(15-9-16(19)11-17(20)10-15)8-12-5-6-13-3-2-4-14(13)7-12/h5-7,9-11,18,21H,2-4,8H2,1H3. The molecule has 3 rings (SSSR count). The maximum atomic E-state index is 3.58. The number of rotatable bonds is 4. The maximum Gasteiger partial charge on any atom is 0.0359 e. The van der Waals surface area contributed by atoms with E-state index in [2.05, 4.69) is 73.6 Å². The fourth-order valence-corrected chi connectivity index (χ4v) is 4.48. The molecular formula is C18H19Br2N. The summed E-state index contributed by atoms with van der Waals surface area (Å²) in [7, 11) is 2.03. The predicted molar refractivity (Wildman–Crippen MR) is 95.8 cm³/mol. The average Bonchev–Trinajstić information content (AvgIpc) is 2.91. The number of halogens is 2. The number of nitrogens with one attached hydrogen (secondary N) is 1. The first kappa shape index (κ1) is 15.3. The minimum Gasteiger partial charge on any atom is -0.313 e. The third-order valence-electron chi connectivity index (χ3n) is 4.24. The zero-order valence-electron chi connectivity index (χ0n) is 12.1. The second-order valence-electron chi connectivity index (χ2n) is 5.70. The van der Waals surface area contributed by atoms with E-state index in [4.69, 9.17) is 0 Å². The van der Waals surface area contributed by atoms with E-state index in [9.17, 15) is 0 Å². The van der Waals surface area contributed by atoms with Gasteiger partial charge in [-0.25, -0.2) is 0 Å². The molecule has 3 heteroatoms. The van der Waals surface area contributed by atoms with Crippen molar-refractivity contribution in [3.63, 3.8) is 0 Å². The summed E-state index contributed by atoms with van der Waals surface area (Å²) in [5, 5.41) is 3.45. The van der Waals surface area contributed by atoms with Gasteiger partial charge >= 0.3 is 0 Å². The highest BCUT2D eigenvalue weighted by Crippen LogP contribution is 2.28. The van der Waals surface area contributed by atoms with Crippen LogP contribution >= 0.6 is 31.9 Å². The summed E-state index contributed by atoms with van der Waals surface area (Å²) in [6.45, 7) is 0. The first-order chi connectivity index (χ1) is 10.2. The van der Waals surface area contributed by atoms with Gasteiger partial charge in [0.15, 0.2) is 0 Å². The minimum absolute atomic E-state index is 0.332. The molecule has 1 aliphatic rings. The van der Waals surface area contributed by atoms with Crippen LogP contribution in [0.15, 0.2) is 45.3 Å². The van der Waals surface area contributed by atoms with Gasteiger partial charge in [-0.1, -0.05) is 50.1 Å². The Labute approximate surface area is 143 Å². The Morgan fingerprint density at radius 3 is 2.43 bits per heavy atom. The van der Waals surface area contributed by atoms with Gasteiger partial charge in [0.2, 0.25) is 0 Å². The summed E-state index contributed by atoms with van der Waals surface area (Å²) in [5.41, 5.74) is 5.83. The van der Waals surface area contributed by atoms with E-state index in [0.717, 1.165) is 15.4 Å². The van der Waals surface area contributed by atoms with Crippen LogP contribution in [0.5, 0.6) is 0 Å². The summed E-state index contributed by atoms with van der Waals surface area (Å²) >= 11 is 7.16. The Morgan fingerprint density at radius 2 is 1.71 bits per heavy atom.